The number of anilines is 3. The first-order chi connectivity index (χ1) is 10.6. The fraction of sp³-hybridized carbons (Fsp3) is 0.444. The Morgan fingerprint density at radius 1 is 1.27 bits per heavy atom. The fourth-order valence-corrected chi connectivity index (χ4v) is 2.98. The fourth-order valence-electron chi connectivity index (χ4n) is 2.98. The predicted octanol–water partition coefficient (Wildman–Crippen LogP) is 4.02. The average Bonchev–Trinajstić information content (AvgIpc) is 2.83. The highest BCUT2D eigenvalue weighted by atomic mass is 15.2. The molecule has 0 spiro atoms. The summed E-state index contributed by atoms with van der Waals surface area (Å²) in [4.78, 5) is 11.1. The van der Waals surface area contributed by atoms with Gasteiger partial charge < -0.3 is 10.2 Å². The topological polar surface area (TPSA) is 41.0 Å². The first-order valence-electron chi connectivity index (χ1n) is 8.08. The van der Waals surface area contributed by atoms with Gasteiger partial charge in [-0.05, 0) is 37.3 Å². The van der Waals surface area contributed by atoms with Gasteiger partial charge in [0.1, 0.15) is 18.0 Å². The minimum absolute atomic E-state index is 0.427. The molecule has 0 fully saturated rings. The lowest BCUT2D eigenvalue weighted by Crippen LogP contribution is -2.25. The zero-order valence-electron chi connectivity index (χ0n) is 13.6. The van der Waals surface area contributed by atoms with Crippen molar-refractivity contribution in [2.75, 3.05) is 16.8 Å². The maximum absolute atomic E-state index is 4.49. The van der Waals surface area contributed by atoms with Gasteiger partial charge in [0.05, 0.1) is 0 Å². The predicted molar refractivity (Wildman–Crippen MR) is 91.7 cm³/mol. The molecular formula is C18H24N4. The van der Waals surface area contributed by atoms with Crippen molar-refractivity contribution in [1.82, 2.24) is 9.97 Å². The summed E-state index contributed by atoms with van der Waals surface area (Å²) < 4.78 is 0. The van der Waals surface area contributed by atoms with Crippen LogP contribution in [0.5, 0.6) is 0 Å². The Kier molecular flexibility index (Phi) is 4.27. The van der Waals surface area contributed by atoms with Gasteiger partial charge in [0.2, 0.25) is 0 Å². The minimum Gasteiger partial charge on any atom is -0.370 e. The van der Waals surface area contributed by atoms with E-state index in [1.165, 1.54) is 11.3 Å². The second kappa shape index (κ2) is 6.34. The normalized spacial score (nSPS) is 16.9. The SMILES string of the molecule is CC(C)CCNc1cc(N2c3ccccc3CC2C)ncn1. The molecule has 0 bridgehead atoms. The van der Waals surface area contributed by atoms with E-state index in [0.29, 0.717) is 12.0 Å². The number of aromatic nitrogens is 2. The van der Waals surface area contributed by atoms with Crippen molar-refractivity contribution < 1.29 is 0 Å². The van der Waals surface area contributed by atoms with Crippen LogP contribution in [0.3, 0.4) is 0 Å². The van der Waals surface area contributed by atoms with E-state index in [2.05, 4.69) is 71.3 Å². The molecule has 22 heavy (non-hydrogen) atoms. The molecule has 2 aromatic rings. The van der Waals surface area contributed by atoms with Gasteiger partial charge in [-0.25, -0.2) is 9.97 Å². The highest BCUT2D eigenvalue weighted by Gasteiger charge is 2.27. The number of para-hydroxylation sites is 1. The Labute approximate surface area is 132 Å². The number of nitrogens with zero attached hydrogens (tertiary/aromatic N) is 3. The van der Waals surface area contributed by atoms with Crippen molar-refractivity contribution in [1.29, 1.82) is 0 Å². The molecule has 116 valence electrons. The Hall–Kier alpha value is -2.10. The summed E-state index contributed by atoms with van der Waals surface area (Å²) in [6.45, 7) is 7.65. The van der Waals surface area contributed by atoms with Crippen LogP contribution in [0.1, 0.15) is 32.8 Å². The van der Waals surface area contributed by atoms with E-state index in [1.807, 2.05) is 0 Å². The number of fused-ring (bicyclic) bond motifs is 1. The van der Waals surface area contributed by atoms with Gasteiger partial charge in [-0.1, -0.05) is 32.0 Å². The monoisotopic (exact) mass is 296 g/mol. The largest absolute Gasteiger partial charge is 0.370 e. The van der Waals surface area contributed by atoms with Crippen molar-refractivity contribution in [3.05, 3.63) is 42.2 Å². The molecule has 1 unspecified atom stereocenters. The Morgan fingerprint density at radius 3 is 2.91 bits per heavy atom. The number of rotatable bonds is 5. The highest BCUT2D eigenvalue weighted by molar-refractivity contribution is 5.69. The first kappa shape index (κ1) is 14.8. The van der Waals surface area contributed by atoms with E-state index in [4.69, 9.17) is 0 Å². The Morgan fingerprint density at radius 2 is 2.09 bits per heavy atom. The lowest BCUT2D eigenvalue weighted by molar-refractivity contribution is 0.606. The third-order valence-electron chi connectivity index (χ3n) is 4.13. The molecular weight excluding hydrogens is 272 g/mol. The van der Waals surface area contributed by atoms with Crippen LogP contribution in [0.15, 0.2) is 36.7 Å². The highest BCUT2D eigenvalue weighted by Crippen LogP contribution is 2.37. The third-order valence-corrected chi connectivity index (χ3v) is 4.13. The van der Waals surface area contributed by atoms with Crippen molar-refractivity contribution in [2.24, 2.45) is 5.92 Å². The number of nitrogens with one attached hydrogen (secondary N) is 1. The van der Waals surface area contributed by atoms with Crippen LogP contribution in [-0.4, -0.2) is 22.6 Å². The maximum Gasteiger partial charge on any atom is 0.138 e. The summed E-state index contributed by atoms with van der Waals surface area (Å²) in [5.41, 5.74) is 2.66. The summed E-state index contributed by atoms with van der Waals surface area (Å²) in [6.07, 6.45) is 3.86. The van der Waals surface area contributed by atoms with Gasteiger partial charge >= 0.3 is 0 Å². The molecule has 1 atom stereocenters. The van der Waals surface area contributed by atoms with E-state index in [9.17, 15) is 0 Å². The van der Waals surface area contributed by atoms with Crippen molar-refractivity contribution in [3.63, 3.8) is 0 Å². The van der Waals surface area contributed by atoms with Gasteiger partial charge in [0.15, 0.2) is 0 Å². The molecule has 0 amide bonds. The molecule has 1 aliphatic heterocycles. The summed E-state index contributed by atoms with van der Waals surface area (Å²) in [6, 6.07) is 11.1. The molecule has 4 heteroatoms. The molecule has 0 saturated carbocycles. The van der Waals surface area contributed by atoms with E-state index in [1.54, 1.807) is 6.33 Å². The molecule has 1 aliphatic rings. The molecule has 1 N–H and O–H groups in total. The van der Waals surface area contributed by atoms with Crippen LogP contribution < -0.4 is 10.2 Å². The third kappa shape index (κ3) is 3.06. The Balaban J connectivity index is 1.80. The Bertz CT molecular complexity index is 638. The minimum atomic E-state index is 0.427. The van der Waals surface area contributed by atoms with Crippen LogP contribution in [0.4, 0.5) is 17.3 Å². The summed E-state index contributed by atoms with van der Waals surface area (Å²) in [5.74, 6) is 2.57. The second-order valence-corrected chi connectivity index (χ2v) is 6.42. The van der Waals surface area contributed by atoms with E-state index >= 15 is 0 Å². The number of benzene rings is 1. The molecule has 0 radical (unpaired) electrons. The summed E-state index contributed by atoms with van der Waals surface area (Å²) in [5, 5.41) is 3.40. The van der Waals surface area contributed by atoms with Crippen LogP contribution >= 0.6 is 0 Å². The standard InChI is InChI=1S/C18H24N4/c1-13(2)8-9-19-17-11-18(21-12-20-17)22-14(3)10-15-6-4-5-7-16(15)22/h4-7,11-14H,8-10H2,1-3H3,(H,19,20,21). The van der Waals surface area contributed by atoms with Gasteiger partial charge in [0, 0.05) is 24.3 Å². The molecule has 4 nitrogen and oxygen atoms in total. The van der Waals surface area contributed by atoms with Gasteiger partial charge in [-0.2, -0.15) is 0 Å². The lowest BCUT2D eigenvalue weighted by atomic mass is 10.1. The molecule has 3 rings (SSSR count). The van der Waals surface area contributed by atoms with Gasteiger partial charge in [0.25, 0.3) is 0 Å². The number of hydrogen-bond acceptors (Lipinski definition) is 4. The van der Waals surface area contributed by atoms with Gasteiger partial charge in [-0.3, -0.25) is 0 Å². The molecule has 1 aromatic carbocycles. The molecule has 0 aliphatic carbocycles. The summed E-state index contributed by atoms with van der Waals surface area (Å²) >= 11 is 0. The van der Waals surface area contributed by atoms with Crippen LogP contribution in [0.2, 0.25) is 0 Å². The smallest absolute Gasteiger partial charge is 0.138 e. The zero-order chi connectivity index (χ0) is 15.5. The van der Waals surface area contributed by atoms with Crippen molar-refractivity contribution >= 4 is 17.3 Å². The quantitative estimate of drug-likeness (QED) is 0.905. The average molecular weight is 296 g/mol. The molecule has 2 heterocycles. The molecule has 1 aromatic heterocycles. The van der Waals surface area contributed by atoms with E-state index in [-0.39, 0.29) is 0 Å². The first-order valence-corrected chi connectivity index (χ1v) is 8.08. The van der Waals surface area contributed by atoms with Crippen molar-refractivity contribution in [2.45, 2.75) is 39.7 Å². The maximum atomic E-state index is 4.49. The second-order valence-electron chi connectivity index (χ2n) is 6.42. The van der Waals surface area contributed by atoms with E-state index in [0.717, 1.165) is 31.0 Å². The van der Waals surface area contributed by atoms with Crippen molar-refractivity contribution in [3.8, 4) is 0 Å². The van der Waals surface area contributed by atoms with Crippen LogP contribution in [-0.2, 0) is 6.42 Å². The summed E-state index contributed by atoms with van der Waals surface area (Å²) in [7, 11) is 0. The lowest BCUT2D eigenvalue weighted by Gasteiger charge is -2.24. The van der Waals surface area contributed by atoms with Gasteiger partial charge in [-0.15, -0.1) is 0 Å². The number of hydrogen-bond donors (Lipinski definition) is 1. The zero-order valence-corrected chi connectivity index (χ0v) is 13.6. The van der Waals surface area contributed by atoms with Crippen LogP contribution in [0.25, 0.3) is 0 Å². The van der Waals surface area contributed by atoms with Crippen LogP contribution in [0, 0.1) is 5.92 Å². The molecule has 0 saturated heterocycles. The van der Waals surface area contributed by atoms with E-state index < -0.39 is 0 Å².